The van der Waals surface area contributed by atoms with Crippen LogP contribution in [0.5, 0.6) is 0 Å². The van der Waals surface area contributed by atoms with Crippen molar-refractivity contribution in [3.05, 3.63) is 0 Å². The Morgan fingerprint density at radius 2 is 1.44 bits per heavy atom. The summed E-state index contributed by atoms with van der Waals surface area (Å²) in [6, 6.07) is 0. The van der Waals surface area contributed by atoms with Crippen molar-refractivity contribution in [2.45, 2.75) is 59.4 Å². The van der Waals surface area contributed by atoms with Crippen molar-refractivity contribution in [3.8, 4) is 0 Å². The highest BCUT2D eigenvalue weighted by molar-refractivity contribution is 5.03. The van der Waals surface area contributed by atoms with Gasteiger partial charge >= 0.3 is 0 Å². The molecule has 0 unspecified atom stereocenters. The molecule has 0 aromatic carbocycles. The zero-order chi connectivity index (χ0) is 12.6. The van der Waals surface area contributed by atoms with Gasteiger partial charge < -0.3 is 5.73 Å². The predicted octanol–water partition coefficient (Wildman–Crippen LogP) is 2.87. The summed E-state index contributed by atoms with van der Waals surface area (Å²) in [5.74, 6) is 0. The van der Waals surface area contributed by atoms with Crippen LogP contribution in [0.2, 0.25) is 0 Å². The van der Waals surface area contributed by atoms with Gasteiger partial charge in [-0.3, -0.25) is 4.90 Å². The number of nitrogens with zero attached hydrogens (tertiary/aromatic N) is 1. The maximum Gasteiger partial charge on any atom is 0.0338 e. The first kappa shape index (κ1) is 14.0. The van der Waals surface area contributed by atoms with Crippen LogP contribution in [0.3, 0.4) is 0 Å². The van der Waals surface area contributed by atoms with Crippen molar-refractivity contribution >= 4 is 0 Å². The molecule has 0 aromatic rings. The van der Waals surface area contributed by atoms with Crippen LogP contribution in [0.4, 0.5) is 0 Å². The molecule has 0 aliphatic heterocycles. The van der Waals surface area contributed by atoms with E-state index >= 15 is 0 Å². The van der Waals surface area contributed by atoms with Gasteiger partial charge in [-0.1, -0.05) is 34.6 Å². The van der Waals surface area contributed by atoms with Gasteiger partial charge in [0.2, 0.25) is 0 Å². The van der Waals surface area contributed by atoms with Gasteiger partial charge in [0, 0.05) is 12.1 Å². The van der Waals surface area contributed by atoms with E-state index in [1.807, 2.05) is 0 Å². The molecular weight excluding hydrogens is 196 g/mol. The number of rotatable bonds is 3. The highest BCUT2D eigenvalue weighted by atomic mass is 15.2. The Hall–Kier alpha value is -0.0800. The molecule has 1 fully saturated rings. The lowest BCUT2D eigenvalue weighted by molar-refractivity contribution is -0.0298. The largest absolute Gasteiger partial charge is 0.329 e. The molecule has 96 valence electrons. The maximum atomic E-state index is 6.12. The lowest BCUT2D eigenvalue weighted by atomic mass is 9.58. The Balaban J connectivity index is 3.01. The standard InChI is InChI=1S/C14H30N2/c1-7-16(6)14(11-15)9-12(2,3)8-13(4,5)10-14/h7-11,15H2,1-6H3. The summed E-state index contributed by atoms with van der Waals surface area (Å²) >= 11 is 0. The Labute approximate surface area is 102 Å². The fourth-order valence-corrected chi connectivity index (χ4v) is 4.17. The Morgan fingerprint density at radius 1 is 1.00 bits per heavy atom. The molecule has 1 aliphatic carbocycles. The van der Waals surface area contributed by atoms with Gasteiger partial charge in [0.05, 0.1) is 0 Å². The zero-order valence-corrected chi connectivity index (χ0v) is 12.1. The maximum absolute atomic E-state index is 6.12. The van der Waals surface area contributed by atoms with Crippen molar-refractivity contribution in [2.24, 2.45) is 16.6 Å². The molecule has 0 saturated heterocycles. The summed E-state index contributed by atoms with van der Waals surface area (Å²) in [7, 11) is 2.23. The first-order valence-electron chi connectivity index (χ1n) is 6.58. The Kier molecular flexibility index (Phi) is 3.76. The van der Waals surface area contributed by atoms with E-state index in [2.05, 4.69) is 46.6 Å². The van der Waals surface area contributed by atoms with E-state index in [1.54, 1.807) is 0 Å². The van der Waals surface area contributed by atoms with Gasteiger partial charge in [-0.15, -0.1) is 0 Å². The summed E-state index contributed by atoms with van der Waals surface area (Å²) in [5.41, 5.74) is 7.14. The average molecular weight is 226 g/mol. The third-order valence-corrected chi connectivity index (χ3v) is 4.24. The van der Waals surface area contributed by atoms with Crippen molar-refractivity contribution < 1.29 is 0 Å². The van der Waals surface area contributed by atoms with Crippen molar-refractivity contribution in [2.75, 3.05) is 20.1 Å². The first-order chi connectivity index (χ1) is 7.16. The fraction of sp³-hybridized carbons (Fsp3) is 1.00. The highest BCUT2D eigenvalue weighted by Crippen LogP contribution is 2.51. The van der Waals surface area contributed by atoms with E-state index in [0.29, 0.717) is 10.8 Å². The van der Waals surface area contributed by atoms with Crippen LogP contribution in [0, 0.1) is 10.8 Å². The summed E-state index contributed by atoms with van der Waals surface area (Å²) in [4.78, 5) is 2.47. The number of likely N-dealkylation sites (N-methyl/N-ethyl adjacent to an activating group) is 1. The molecule has 2 N–H and O–H groups in total. The Bertz CT molecular complexity index is 227. The van der Waals surface area contributed by atoms with Crippen LogP contribution >= 0.6 is 0 Å². The van der Waals surface area contributed by atoms with E-state index in [-0.39, 0.29) is 5.54 Å². The molecule has 2 heteroatoms. The summed E-state index contributed by atoms with van der Waals surface area (Å²) in [5, 5.41) is 0. The highest BCUT2D eigenvalue weighted by Gasteiger charge is 2.48. The molecular formula is C14H30N2. The topological polar surface area (TPSA) is 29.3 Å². The molecule has 0 atom stereocenters. The summed E-state index contributed by atoms with van der Waals surface area (Å²) in [6.07, 6.45) is 3.76. The molecule has 0 bridgehead atoms. The SMILES string of the molecule is CCN(C)C1(CN)CC(C)(C)CC(C)(C)C1. The minimum atomic E-state index is 0.208. The molecule has 16 heavy (non-hydrogen) atoms. The second-order valence-electron chi connectivity index (χ2n) is 7.30. The van der Waals surface area contributed by atoms with Crippen molar-refractivity contribution in [3.63, 3.8) is 0 Å². The molecule has 1 saturated carbocycles. The molecule has 0 amide bonds. The summed E-state index contributed by atoms with van der Waals surface area (Å²) < 4.78 is 0. The molecule has 1 aliphatic rings. The molecule has 0 radical (unpaired) electrons. The average Bonchev–Trinajstić information content (AvgIpc) is 2.11. The molecule has 0 spiro atoms. The predicted molar refractivity (Wildman–Crippen MR) is 71.5 cm³/mol. The van der Waals surface area contributed by atoms with Gasteiger partial charge in [0.1, 0.15) is 0 Å². The van der Waals surface area contributed by atoms with E-state index in [9.17, 15) is 0 Å². The number of hydrogen-bond donors (Lipinski definition) is 1. The monoisotopic (exact) mass is 226 g/mol. The van der Waals surface area contributed by atoms with E-state index in [1.165, 1.54) is 19.3 Å². The molecule has 2 nitrogen and oxygen atoms in total. The normalized spacial score (nSPS) is 27.0. The van der Waals surface area contributed by atoms with E-state index in [0.717, 1.165) is 13.1 Å². The zero-order valence-electron chi connectivity index (χ0n) is 12.1. The third kappa shape index (κ3) is 2.78. The van der Waals surface area contributed by atoms with Crippen molar-refractivity contribution in [1.82, 2.24) is 4.90 Å². The number of hydrogen-bond acceptors (Lipinski definition) is 2. The van der Waals surface area contributed by atoms with Crippen LogP contribution in [-0.2, 0) is 0 Å². The van der Waals surface area contributed by atoms with Crippen LogP contribution < -0.4 is 5.73 Å². The second kappa shape index (κ2) is 4.30. The fourth-order valence-electron chi connectivity index (χ4n) is 4.17. The van der Waals surface area contributed by atoms with Gasteiger partial charge in [-0.25, -0.2) is 0 Å². The van der Waals surface area contributed by atoms with Crippen molar-refractivity contribution in [1.29, 1.82) is 0 Å². The van der Waals surface area contributed by atoms with Gasteiger partial charge in [-0.05, 0) is 43.7 Å². The molecule has 0 aromatic heterocycles. The third-order valence-electron chi connectivity index (χ3n) is 4.24. The minimum absolute atomic E-state index is 0.208. The van der Waals surface area contributed by atoms with E-state index in [4.69, 9.17) is 5.73 Å². The van der Waals surface area contributed by atoms with Crippen LogP contribution in [0.25, 0.3) is 0 Å². The lowest BCUT2D eigenvalue weighted by Gasteiger charge is -2.55. The quantitative estimate of drug-likeness (QED) is 0.802. The first-order valence-corrected chi connectivity index (χ1v) is 6.58. The number of nitrogens with two attached hydrogens (primary N) is 1. The van der Waals surface area contributed by atoms with Crippen LogP contribution in [0.15, 0.2) is 0 Å². The summed E-state index contributed by atoms with van der Waals surface area (Å²) in [6.45, 7) is 13.7. The molecule has 1 rings (SSSR count). The smallest absolute Gasteiger partial charge is 0.0338 e. The lowest BCUT2D eigenvalue weighted by Crippen LogP contribution is -2.59. The molecule has 0 heterocycles. The van der Waals surface area contributed by atoms with Gasteiger partial charge in [0.15, 0.2) is 0 Å². The van der Waals surface area contributed by atoms with Gasteiger partial charge in [-0.2, -0.15) is 0 Å². The van der Waals surface area contributed by atoms with Crippen LogP contribution in [-0.4, -0.2) is 30.6 Å². The minimum Gasteiger partial charge on any atom is -0.329 e. The van der Waals surface area contributed by atoms with Crippen LogP contribution in [0.1, 0.15) is 53.9 Å². The van der Waals surface area contributed by atoms with E-state index < -0.39 is 0 Å². The van der Waals surface area contributed by atoms with Gasteiger partial charge in [0.25, 0.3) is 0 Å². The Morgan fingerprint density at radius 3 is 1.75 bits per heavy atom. The second-order valence-corrected chi connectivity index (χ2v) is 7.30.